The minimum absolute atomic E-state index is 0.0605. The maximum absolute atomic E-state index is 9.62. The summed E-state index contributed by atoms with van der Waals surface area (Å²) in [6.45, 7) is 0. The van der Waals surface area contributed by atoms with E-state index in [1.54, 1.807) is 12.1 Å². The highest BCUT2D eigenvalue weighted by Crippen LogP contribution is 2.36. The van der Waals surface area contributed by atoms with Crippen molar-refractivity contribution in [2.24, 2.45) is 0 Å². The summed E-state index contributed by atoms with van der Waals surface area (Å²) in [5.74, 6) is 0.0605. The molecule has 1 N–H and O–H groups in total. The summed E-state index contributed by atoms with van der Waals surface area (Å²) in [6.07, 6.45) is 0. The molecule has 0 aliphatic rings. The number of hydrogen-bond acceptors (Lipinski definition) is 4. The van der Waals surface area contributed by atoms with E-state index in [2.05, 4.69) is 12.6 Å². The van der Waals surface area contributed by atoms with Gasteiger partial charge in [-0.05, 0) is 6.07 Å². The normalized spacial score (nSPS) is 10.2. The highest BCUT2D eigenvalue weighted by atomic mass is 32.1. The predicted molar refractivity (Wildman–Crippen MR) is 55.5 cm³/mol. The van der Waals surface area contributed by atoms with Crippen LogP contribution in [0.4, 0.5) is 0 Å². The van der Waals surface area contributed by atoms with Crippen molar-refractivity contribution >= 4 is 34.1 Å². The Bertz CT molecular complexity index is 510. The van der Waals surface area contributed by atoms with E-state index in [4.69, 9.17) is 5.26 Å². The summed E-state index contributed by atoms with van der Waals surface area (Å²) in [4.78, 5) is 0.833. The Labute approximate surface area is 84.5 Å². The molecule has 2 aromatic rings. The number of nitrogens with zero attached hydrogens (tertiary/aromatic N) is 1. The number of benzene rings is 1. The quantitative estimate of drug-likeness (QED) is 0.652. The molecule has 0 atom stereocenters. The topological polar surface area (TPSA) is 44.0 Å². The number of aromatic hydroxyl groups is 1. The molecule has 0 fully saturated rings. The zero-order valence-corrected chi connectivity index (χ0v) is 8.19. The van der Waals surface area contributed by atoms with Crippen LogP contribution in [0.5, 0.6) is 5.75 Å². The first-order valence-electron chi connectivity index (χ1n) is 3.56. The van der Waals surface area contributed by atoms with Gasteiger partial charge in [0.1, 0.15) is 6.07 Å². The summed E-state index contributed by atoms with van der Waals surface area (Å²) in [6, 6.07) is 5.33. The van der Waals surface area contributed by atoms with Gasteiger partial charge in [0.15, 0.2) is 5.75 Å². The molecule has 0 radical (unpaired) electrons. The van der Waals surface area contributed by atoms with Gasteiger partial charge in [-0.15, -0.1) is 24.0 Å². The monoisotopic (exact) mass is 207 g/mol. The Morgan fingerprint density at radius 1 is 1.46 bits per heavy atom. The number of hydrogen-bond donors (Lipinski definition) is 2. The lowest BCUT2D eigenvalue weighted by molar-refractivity contribution is 0.481. The van der Waals surface area contributed by atoms with Gasteiger partial charge < -0.3 is 5.11 Å². The van der Waals surface area contributed by atoms with E-state index in [1.165, 1.54) is 11.3 Å². The zero-order chi connectivity index (χ0) is 9.42. The molecule has 0 saturated carbocycles. The second kappa shape index (κ2) is 2.95. The minimum atomic E-state index is 0.0605. The fourth-order valence-electron chi connectivity index (χ4n) is 1.16. The fraction of sp³-hybridized carbons (Fsp3) is 0. The maximum atomic E-state index is 9.62. The molecule has 0 unspecified atom stereocenters. The summed E-state index contributed by atoms with van der Waals surface area (Å²) in [5.41, 5.74) is 0.308. The number of fused-ring (bicyclic) bond motifs is 1. The van der Waals surface area contributed by atoms with Crippen molar-refractivity contribution in [3.05, 3.63) is 23.1 Å². The van der Waals surface area contributed by atoms with E-state index in [0.29, 0.717) is 5.56 Å². The van der Waals surface area contributed by atoms with E-state index in [1.807, 2.05) is 11.4 Å². The summed E-state index contributed by atoms with van der Waals surface area (Å²) in [5, 5.41) is 21.0. The van der Waals surface area contributed by atoms with Gasteiger partial charge in [-0.3, -0.25) is 0 Å². The van der Waals surface area contributed by atoms with Crippen LogP contribution in [0, 0.1) is 11.3 Å². The van der Waals surface area contributed by atoms with Crippen LogP contribution in [0.2, 0.25) is 0 Å². The van der Waals surface area contributed by atoms with Crippen molar-refractivity contribution in [3.63, 3.8) is 0 Å². The van der Waals surface area contributed by atoms with Gasteiger partial charge in [-0.25, -0.2) is 0 Å². The number of phenolic OH excluding ortho intramolecular Hbond substituents is 1. The Hall–Kier alpha value is -1.18. The maximum Gasteiger partial charge on any atom is 0.151 e. The standard InChI is InChI=1S/C9H5NOS2/c10-3-5-1-2-6-7(12)4-13-9(6)8(5)11/h1-2,4,11-12H. The van der Waals surface area contributed by atoms with Gasteiger partial charge in [0.05, 0.1) is 10.3 Å². The lowest BCUT2D eigenvalue weighted by Gasteiger charge is -1.96. The molecule has 0 aliphatic carbocycles. The van der Waals surface area contributed by atoms with Crippen LogP contribution >= 0.6 is 24.0 Å². The number of rotatable bonds is 0. The van der Waals surface area contributed by atoms with E-state index in [0.717, 1.165) is 15.0 Å². The Kier molecular flexibility index (Phi) is 1.91. The predicted octanol–water partition coefficient (Wildman–Crippen LogP) is 2.77. The summed E-state index contributed by atoms with van der Waals surface area (Å²) in [7, 11) is 0. The van der Waals surface area contributed by atoms with Gasteiger partial charge in [0, 0.05) is 15.7 Å². The lowest BCUT2D eigenvalue weighted by Crippen LogP contribution is -1.75. The highest BCUT2D eigenvalue weighted by Gasteiger charge is 2.08. The molecular formula is C9H5NOS2. The Balaban J connectivity index is 2.90. The number of thiophene rings is 1. The van der Waals surface area contributed by atoms with Crippen LogP contribution in [0.25, 0.3) is 10.1 Å². The van der Waals surface area contributed by atoms with Crippen molar-refractivity contribution in [2.75, 3.05) is 0 Å². The molecule has 0 spiro atoms. The average Bonchev–Trinajstić information content (AvgIpc) is 2.50. The third kappa shape index (κ3) is 1.17. The van der Waals surface area contributed by atoms with Crippen molar-refractivity contribution < 1.29 is 5.11 Å². The van der Waals surface area contributed by atoms with Crippen molar-refractivity contribution in [2.45, 2.75) is 4.90 Å². The van der Waals surface area contributed by atoms with Gasteiger partial charge in [0.2, 0.25) is 0 Å². The van der Waals surface area contributed by atoms with E-state index in [-0.39, 0.29) is 5.75 Å². The number of phenols is 1. The van der Waals surface area contributed by atoms with Gasteiger partial charge in [-0.2, -0.15) is 5.26 Å². The van der Waals surface area contributed by atoms with Crippen molar-refractivity contribution in [3.8, 4) is 11.8 Å². The number of nitriles is 1. The SMILES string of the molecule is N#Cc1ccc2c(S)csc2c1O. The first kappa shape index (κ1) is 8.42. The van der Waals surface area contributed by atoms with Crippen molar-refractivity contribution in [1.82, 2.24) is 0 Å². The largest absolute Gasteiger partial charge is 0.505 e. The second-order valence-corrected chi connectivity index (χ2v) is 3.93. The average molecular weight is 207 g/mol. The Morgan fingerprint density at radius 3 is 2.92 bits per heavy atom. The molecule has 13 heavy (non-hydrogen) atoms. The molecule has 0 aliphatic heterocycles. The first-order chi connectivity index (χ1) is 6.24. The number of thiol groups is 1. The molecule has 1 aromatic heterocycles. The third-order valence-corrected chi connectivity index (χ3v) is 3.36. The highest BCUT2D eigenvalue weighted by molar-refractivity contribution is 7.80. The summed E-state index contributed by atoms with van der Waals surface area (Å²) < 4.78 is 0.726. The molecule has 0 saturated heterocycles. The fourth-order valence-corrected chi connectivity index (χ4v) is 2.46. The zero-order valence-electron chi connectivity index (χ0n) is 6.48. The van der Waals surface area contributed by atoms with E-state index >= 15 is 0 Å². The van der Waals surface area contributed by atoms with Crippen LogP contribution in [0.15, 0.2) is 22.4 Å². The van der Waals surface area contributed by atoms with Gasteiger partial charge in [-0.1, -0.05) is 6.07 Å². The van der Waals surface area contributed by atoms with Crippen LogP contribution in [-0.2, 0) is 0 Å². The van der Waals surface area contributed by atoms with E-state index < -0.39 is 0 Å². The molecule has 2 nitrogen and oxygen atoms in total. The molecule has 1 heterocycles. The second-order valence-electron chi connectivity index (χ2n) is 2.57. The minimum Gasteiger partial charge on any atom is -0.505 e. The van der Waals surface area contributed by atoms with Gasteiger partial charge >= 0.3 is 0 Å². The molecule has 2 rings (SSSR count). The first-order valence-corrected chi connectivity index (χ1v) is 4.89. The van der Waals surface area contributed by atoms with Crippen LogP contribution in [0.1, 0.15) is 5.56 Å². The smallest absolute Gasteiger partial charge is 0.151 e. The van der Waals surface area contributed by atoms with Gasteiger partial charge in [0.25, 0.3) is 0 Å². The molecule has 4 heteroatoms. The summed E-state index contributed by atoms with van der Waals surface area (Å²) >= 11 is 5.62. The molecule has 0 bridgehead atoms. The van der Waals surface area contributed by atoms with Crippen LogP contribution < -0.4 is 0 Å². The third-order valence-electron chi connectivity index (χ3n) is 1.82. The lowest BCUT2D eigenvalue weighted by atomic mass is 10.2. The van der Waals surface area contributed by atoms with Crippen molar-refractivity contribution in [1.29, 1.82) is 5.26 Å². The molecule has 64 valence electrons. The van der Waals surface area contributed by atoms with Crippen LogP contribution in [-0.4, -0.2) is 5.11 Å². The van der Waals surface area contributed by atoms with E-state index in [9.17, 15) is 5.11 Å². The molecular weight excluding hydrogens is 202 g/mol. The van der Waals surface area contributed by atoms with Crippen LogP contribution in [0.3, 0.4) is 0 Å². The molecule has 0 amide bonds. The Morgan fingerprint density at radius 2 is 2.23 bits per heavy atom. The molecule has 1 aromatic carbocycles.